The number of ether oxygens (including phenoxy) is 1. The second-order valence-electron chi connectivity index (χ2n) is 10.6. The van der Waals surface area contributed by atoms with Gasteiger partial charge in [-0.3, -0.25) is 0 Å². The van der Waals surface area contributed by atoms with Crippen molar-refractivity contribution in [1.29, 1.82) is 0 Å². The van der Waals surface area contributed by atoms with E-state index in [1.807, 2.05) is 0 Å². The Morgan fingerprint density at radius 1 is 0.575 bits per heavy atom. The molecule has 0 fully saturated rings. The molecule has 0 saturated heterocycles. The molecule has 1 atom stereocenters. The molecule has 5 aliphatic rings. The van der Waals surface area contributed by atoms with Gasteiger partial charge in [-0.05, 0) is 83.4 Å². The highest BCUT2D eigenvalue weighted by atomic mass is 31.1. The molecule has 0 amide bonds. The van der Waals surface area contributed by atoms with Crippen LogP contribution in [0.2, 0.25) is 0 Å². The molecule has 3 heteroatoms. The van der Waals surface area contributed by atoms with Crippen LogP contribution >= 0.6 is 7.92 Å². The minimum atomic E-state index is -0.652. The van der Waals surface area contributed by atoms with Gasteiger partial charge in [0.05, 0.1) is 0 Å². The van der Waals surface area contributed by atoms with E-state index in [4.69, 9.17) is 9.73 Å². The van der Waals surface area contributed by atoms with Gasteiger partial charge in [-0.1, -0.05) is 121 Å². The van der Waals surface area contributed by atoms with Crippen LogP contribution in [0.5, 0.6) is 0 Å². The molecular weight excluding hydrogens is 505 g/mol. The lowest BCUT2D eigenvalue weighted by Crippen LogP contribution is -2.24. The summed E-state index contributed by atoms with van der Waals surface area (Å²) in [5, 5.41) is 4.29. The highest BCUT2D eigenvalue weighted by Crippen LogP contribution is 2.36. The summed E-state index contributed by atoms with van der Waals surface area (Å²) in [6.45, 7) is 0.604. The molecule has 1 unspecified atom stereocenters. The Labute approximate surface area is 238 Å². The number of benzene rings is 5. The topological polar surface area (TPSA) is 21.6 Å². The molecule has 5 aromatic carbocycles. The average Bonchev–Trinajstić information content (AvgIpc) is 3.51. The second-order valence-corrected chi connectivity index (χ2v) is 12.8. The van der Waals surface area contributed by atoms with Crippen LogP contribution in [0, 0.1) is 0 Å². The third kappa shape index (κ3) is 5.12. The van der Waals surface area contributed by atoms with E-state index in [1.165, 1.54) is 49.3 Å². The minimum Gasteiger partial charge on any atom is -0.475 e. The molecule has 2 nitrogen and oxygen atoms in total. The molecule has 0 aromatic heterocycles. The first-order valence-corrected chi connectivity index (χ1v) is 15.6. The molecule has 4 aliphatic carbocycles. The van der Waals surface area contributed by atoms with Crippen LogP contribution in [-0.2, 0) is 30.4 Å². The summed E-state index contributed by atoms with van der Waals surface area (Å²) in [6.07, 6.45) is 3.94. The van der Waals surface area contributed by atoms with Gasteiger partial charge in [-0.2, -0.15) is 0 Å². The van der Waals surface area contributed by atoms with Crippen molar-refractivity contribution < 1.29 is 4.74 Å². The summed E-state index contributed by atoms with van der Waals surface area (Å²) in [4.78, 5) is 5.06. The second kappa shape index (κ2) is 11.2. The van der Waals surface area contributed by atoms with Gasteiger partial charge in [0.2, 0.25) is 5.90 Å². The lowest BCUT2D eigenvalue weighted by Gasteiger charge is -2.24. The first-order chi connectivity index (χ1) is 19.8. The van der Waals surface area contributed by atoms with E-state index in [0.717, 1.165) is 31.6 Å². The number of rotatable bonds is 5. The summed E-state index contributed by atoms with van der Waals surface area (Å²) in [6, 6.07) is 46.9. The van der Waals surface area contributed by atoms with Crippen molar-refractivity contribution in [2.75, 3.05) is 6.61 Å². The van der Waals surface area contributed by atoms with E-state index >= 15 is 0 Å². The molecule has 0 spiro atoms. The van der Waals surface area contributed by atoms with Crippen molar-refractivity contribution in [2.45, 2.75) is 31.7 Å². The van der Waals surface area contributed by atoms with Crippen molar-refractivity contribution >= 4 is 29.7 Å². The Morgan fingerprint density at radius 3 is 1.82 bits per heavy atom. The Balaban J connectivity index is 1.27. The van der Waals surface area contributed by atoms with Gasteiger partial charge in [0.15, 0.2) is 0 Å². The van der Waals surface area contributed by atoms with Gasteiger partial charge in [0.25, 0.3) is 0 Å². The van der Waals surface area contributed by atoms with Gasteiger partial charge >= 0.3 is 0 Å². The molecule has 10 rings (SSSR count). The minimum absolute atomic E-state index is 0.0605. The Bertz CT molecular complexity index is 1610. The van der Waals surface area contributed by atoms with Crippen molar-refractivity contribution in [1.82, 2.24) is 0 Å². The summed E-state index contributed by atoms with van der Waals surface area (Å²) < 4.78 is 6.25. The van der Waals surface area contributed by atoms with E-state index in [2.05, 4.69) is 127 Å². The fraction of sp³-hybridized carbons (Fsp3) is 0.162. The van der Waals surface area contributed by atoms with Gasteiger partial charge < -0.3 is 4.74 Å². The van der Waals surface area contributed by atoms with Crippen molar-refractivity contribution in [3.8, 4) is 0 Å². The van der Waals surface area contributed by atoms with E-state index in [1.54, 1.807) is 0 Å². The van der Waals surface area contributed by atoms with Crippen LogP contribution in [0.1, 0.15) is 39.4 Å². The maximum absolute atomic E-state index is 6.25. The molecular formula is C37H32NOP. The third-order valence-electron chi connectivity index (χ3n) is 8.03. The molecule has 4 bridgehead atoms. The lowest BCUT2D eigenvalue weighted by atomic mass is 9.93. The molecule has 1 aliphatic heterocycles. The summed E-state index contributed by atoms with van der Waals surface area (Å²) in [5.74, 6) is 0.799. The van der Waals surface area contributed by atoms with Gasteiger partial charge in [-0.25, -0.2) is 4.99 Å². The summed E-state index contributed by atoms with van der Waals surface area (Å²) >= 11 is 0. The lowest BCUT2D eigenvalue weighted by molar-refractivity contribution is 0.319. The fourth-order valence-electron chi connectivity index (χ4n) is 5.89. The monoisotopic (exact) mass is 537 g/mol. The van der Waals surface area contributed by atoms with Crippen LogP contribution < -0.4 is 15.9 Å². The van der Waals surface area contributed by atoms with Crippen LogP contribution in [0.15, 0.2) is 132 Å². The van der Waals surface area contributed by atoms with Crippen LogP contribution in [0.4, 0.5) is 0 Å². The maximum Gasteiger partial charge on any atom is 0.217 e. The van der Waals surface area contributed by atoms with Gasteiger partial charge in [0, 0.05) is 5.56 Å². The zero-order valence-corrected chi connectivity index (χ0v) is 23.4. The number of aliphatic imine (C=N–C) groups is 1. The molecule has 1 heterocycles. The predicted molar refractivity (Wildman–Crippen MR) is 168 cm³/mol. The maximum atomic E-state index is 6.25. The molecule has 40 heavy (non-hydrogen) atoms. The quantitative estimate of drug-likeness (QED) is 0.225. The summed E-state index contributed by atoms with van der Waals surface area (Å²) in [5.41, 5.74) is 7.88. The number of hydrogen-bond acceptors (Lipinski definition) is 2. The van der Waals surface area contributed by atoms with E-state index in [0.29, 0.717) is 6.61 Å². The predicted octanol–water partition coefficient (Wildman–Crippen LogP) is 6.85. The highest BCUT2D eigenvalue weighted by Gasteiger charge is 2.25. The van der Waals surface area contributed by atoms with E-state index < -0.39 is 7.92 Å². The van der Waals surface area contributed by atoms with Crippen molar-refractivity contribution in [3.05, 3.63) is 161 Å². The van der Waals surface area contributed by atoms with E-state index in [-0.39, 0.29) is 6.04 Å². The van der Waals surface area contributed by atoms with Crippen molar-refractivity contribution in [2.24, 2.45) is 4.99 Å². The van der Waals surface area contributed by atoms with E-state index in [9.17, 15) is 0 Å². The molecule has 5 aromatic rings. The van der Waals surface area contributed by atoms with Gasteiger partial charge in [0.1, 0.15) is 12.6 Å². The summed E-state index contributed by atoms with van der Waals surface area (Å²) in [7, 11) is -0.652. The largest absolute Gasteiger partial charge is 0.475 e. The van der Waals surface area contributed by atoms with Crippen LogP contribution in [0.3, 0.4) is 0 Å². The zero-order valence-electron chi connectivity index (χ0n) is 22.5. The molecule has 0 saturated carbocycles. The Hall–Kier alpha value is -4.00. The standard InChI is InChI=1S/C37H32NOP/c1-4-10-30(11-5-1)35-26-39-37(38-35)34-24-27-16-17-28-19-21-31(23-22-29(34)20-18-27)36(25-28)40(32-12-6-2-7-13-32)33-14-8-3-9-15-33/h1-15,18-21,24-25,35H,16-17,22-23,26H2. The number of aryl methyl sites for hydroxylation is 4. The number of nitrogens with zero attached hydrogens (tertiary/aromatic N) is 1. The van der Waals surface area contributed by atoms with Crippen LogP contribution in [0.25, 0.3) is 0 Å². The average molecular weight is 538 g/mol. The highest BCUT2D eigenvalue weighted by molar-refractivity contribution is 7.79. The zero-order chi connectivity index (χ0) is 26.7. The SMILES string of the molecule is c1ccc(C2COC(c3cc4ccc3CCc3ccc(cc3P(c3ccccc3)c3ccccc3)CC4)=N2)cc1. The van der Waals surface area contributed by atoms with Crippen LogP contribution in [-0.4, -0.2) is 12.5 Å². The fourth-order valence-corrected chi connectivity index (χ4v) is 8.45. The normalized spacial score (nSPS) is 16.3. The smallest absolute Gasteiger partial charge is 0.217 e. The van der Waals surface area contributed by atoms with Gasteiger partial charge in [-0.15, -0.1) is 0 Å². The number of hydrogen-bond donors (Lipinski definition) is 0. The van der Waals surface area contributed by atoms with Crippen molar-refractivity contribution in [3.63, 3.8) is 0 Å². The molecule has 196 valence electrons. The molecule has 0 N–H and O–H groups in total. The third-order valence-corrected chi connectivity index (χ3v) is 10.6. The first kappa shape index (κ1) is 25.0. The Morgan fingerprint density at radius 2 is 1.15 bits per heavy atom. The first-order valence-electron chi connectivity index (χ1n) is 14.2. The molecule has 0 radical (unpaired) electrons. The Kier molecular flexibility index (Phi) is 7.02.